The third-order valence-corrected chi connectivity index (χ3v) is 5.90. The number of ether oxygens (including phenoxy) is 1. The van der Waals surface area contributed by atoms with E-state index < -0.39 is 5.60 Å². The number of nitrogens with one attached hydrogen (secondary N) is 1. The molecule has 1 aliphatic heterocycles. The number of methoxy groups -OCH3 is 1. The Morgan fingerprint density at radius 3 is 2.86 bits per heavy atom. The highest BCUT2D eigenvalue weighted by Gasteiger charge is 2.40. The van der Waals surface area contributed by atoms with Gasteiger partial charge in [0.15, 0.2) is 0 Å². The minimum atomic E-state index is -1.07. The van der Waals surface area contributed by atoms with Crippen LogP contribution in [0.3, 0.4) is 0 Å². The number of nitrogens with zero attached hydrogens (tertiary/aromatic N) is 1. The Morgan fingerprint density at radius 2 is 2.11 bits per heavy atom. The number of terminal acetylenes is 1. The number of piperidine rings is 1. The maximum Gasteiger partial charge on any atom is 0.130 e. The minimum absolute atomic E-state index is 0.0276. The van der Waals surface area contributed by atoms with E-state index in [1.165, 1.54) is 5.56 Å². The van der Waals surface area contributed by atoms with Gasteiger partial charge in [0, 0.05) is 49.1 Å². The van der Waals surface area contributed by atoms with Gasteiger partial charge in [-0.3, -0.25) is 4.90 Å². The molecule has 144 valence electrons. The van der Waals surface area contributed by atoms with Crippen LogP contribution in [0.5, 0.6) is 5.75 Å². The van der Waals surface area contributed by atoms with E-state index in [-0.39, 0.29) is 5.92 Å². The molecular weight excluding hydrogens is 348 g/mol. The molecule has 4 rings (SSSR count). The predicted molar refractivity (Wildman–Crippen MR) is 112 cm³/mol. The molecular formula is C24H26N2O2. The number of aromatic amines is 1. The fraction of sp³-hybridized carbons (Fsp3) is 0.333. The Kier molecular flexibility index (Phi) is 5.13. The Hall–Kier alpha value is -2.74. The largest absolute Gasteiger partial charge is 0.497 e. The van der Waals surface area contributed by atoms with Crippen molar-refractivity contribution in [2.45, 2.75) is 25.0 Å². The molecule has 2 heterocycles. The quantitative estimate of drug-likeness (QED) is 0.671. The zero-order valence-electron chi connectivity index (χ0n) is 16.2. The standard InChI is InChI=1S/C24H26N2O2/c1-3-24(27)11-12-26(16-18-7-5-4-6-8-18)17-20(24)13-19-15-25-23-10-9-21(28-2)14-22(19)23/h1,4-10,14-15,20,25,27H,11-13,16-17H2,2H3. The molecule has 1 aliphatic rings. The summed E-state index contributed by atoms with van der Waals surface area (Å²) < 4.78 is 5.38. The van der Waals surface area contributed by atoms with Crippen LogP contribution in [-0.2, 0) is 13.0 Å². The first-order valence-electron chi connectivity index (χ1n) is 9.72. The maximum atomic E-state index is 11.1. The molecule has 1 aromatic heterocycles. The molecule has 28 heavy (non-hydrogen) atoms. The van der Waals surface area contributed by atoms with Gasteiger partial charge in [-0.25, -0.2) is 0 Å². The van der Waals surface area contributed by atoms with E-state index in [1.807, 2.05) is 30.5 Å². The summed E-state index contributed by atoms with van der Waals surface area (Å²) in [6.45, 7) is 2.44. The van der Waals surface area contributed by atoms with E-state index in [1.54, 1.807) is 7.11 Å². The molecule has 4 nitrogen and oxygen atoms in total. The van der Waals surface area contributed by atoms with Crippen LogP contribution in [0.1, 0.15) is 17.5 Å². The molecule has 0 aliphatic carbocycles. The molecule has 2 N–H and O–H groups in total. The molecule has 1 saturated heterocycles. The van der Waals surface area contributed by atoms with E-state index in [9.17, 15) is 5.11 Å². The monoisotopic (exact) mass is 374 g/mol. The summed E-state index contributed by atoms with van der Waals surface area (Å²) in [6, 6.07) is 16.5. The number of rotatable bonds is 5. The van der Waals surface area contributed by atoms with E-state index >= 15 is 0 Å². The summed E-state index contributed by atoms with van der Waals surface area (Å²) in [7, 11) is 1.67. The van der Waals surface area contributed by atoms with Gasteiger partial charge in [-0.1, -0.05) is 36.3 Å². The molecule has 2 aromatic carbocycles. The van der Waals surface area contributed by atoms with Crippen molar-refractivity contribution < 1.29 is 9.84 Å². The van der Waals surface area contributed by atoms with Crippen molar-refractivity contribution in [3.8, 4) is 18.1 Å². The van der Waals surface area contributed by atoms with Gasteiger partial charge in [0.25, 0.3) is 0 Å². The highest BCUT2D eigenvalue weighted by atomic mass is 16.5. The minimum Gasteiger partial charge on any atom is -0.497 e. The molecule has 0 amide bonds. The highest BCUT2D eigenvalue weighted by Crippen LogP contribution is 2.33. The van der Waals surface area contributed by atoms with Crippen molar-refractivity contribution in [2.75, 3.05) is 20.2 Å². The van der Waals surface area contributed by atoms with Gasteiger partial charge in [0.05, 0.1) is 7.11 Å². The fourth-order valence-corrected chi connectivity index (χ4v) is 4.21. The lowest BCUT2D eigenvalue weighted by molar-refractivity contribution is -0.0289. The summed E-state index contributed by atoms with van der Waals surface area (Å²) >= 11 is 0. The molecule has 1 fully saturated rings. The van der Waals surface area contributed by atoms with Crippen molar-refractivity contribution in [1.29, 1.82) is 0 Å². The Labute approximate surface area is 166 Å². The van der Waals surface area contributed by atoms with Gasteiger partial charge < -0.3 is 14.8 Å². The van der Waals surface area contributed by atoms with Crippen LogP contribution >= 0.6 is 0 Å². The first-order chi connectivity index (χ1) is 13.6. The van der Waals surface area contributed by atoms with E-state index in [2.05, 4.69) is 40.1 Å². The molecule has 2 atom stereocenters. The van der Waals surface area contributed by atoms with E-state index in [0.717, 1.165) is 48.3 Å². The first-order valence-corrected chi connectivity index (χ1v) is 9.72. The number of hydrogen-bond donors (Lipinski definition) is 2. The maximum absolute atomic E-state index is 11.1. The normalized spacial score (nSPS) is 22.8. The van der Waals surface area contributed by atoms with Crippen LogP contribution in [0.4, 0.5) is 0 Å². The van der Waals surface area contributed by atoms with Crippen LogP contribution in [0.25, 0.3) is 10.9 Å². The Balaban J connectivity index is 1.57. The number of benzene rings is 2. The second-order valence-corrected chi connectivity index (χ2v) is 7.67. The summed E-state index contributed by atoms with van der Waals surface area (Å²) in [6.07, 6.45) is 9.10. The fourth-order valence-electron chi connectivity index (χ4n) is 4.21. The third-order valence-electron chi connectivity index (χ3n) is 5.90. The zero-order chi connectivity index (χ0) is 19.6. The van der Waals surface area contributed by atoms with Crippen molar-refractivity contribution in [3.63, 3.8) is 0 Å². The van der Waals surface area contributed by atoms with Crippen LogP contribution < -0.4 is 4.74 Å². The van der Waals surface area contributed by atoms with E-state index in [4.69, 9.17) is 11.2 Å². The molecule has 3 aromatic rings. The smallest absolute Gasteiger partial charge is 0.130 e. The van der Waals surface area contributed by atoms with Crippen LogP contribution in [-0.4, -0.2) is 40.8 Å². The van der Waals surface area contributed by atoms with Crippen LogP contribution in [0.15, 0.2) is 54.7 Å². The Morgan fingerprint density at radius 1 is 1.29 bits per heavy atom. The van der Waals surface area contributed by atoms with Gasteiger partial charge in [0.1, 0.15) is 11.4 Å². The molecule has 0 radical (unpaired) electrons. The predicted octanol–water partition coefficient (Wildman–Crippen LogP) is 3.61. The number of fused-ring (bicyclic) bond motifs is 1. The van der Waals surface area contributed by atoms with Crippen molar-refractivity contribution >= 4 is 10.9 Å². The van der Waals surface area contributed by atoms with Gasteiger partial charge >= 0.3 is 0 Å². The summed E-state index contributed by atoms with van der Waals surface area (Å²) in [5.41, 5.74) is 2.44. The number of H-pyrrole nitrogens is 1. The molecule has 0 bridgehead atoms. The van der Waals surface area contributed by atoms with Crippen molar-refractivity contribution in [2.24, 2.45) is 5.92 Å². The topological polar surface area (TPSA) is 48.5 Å². The SMILES string of the molecule is C#CC1(O)CCN(Cc2ccccc2)CC1Cc1c[nH]c2ccc(OC)cc12. The molecule has 0 saturated carbocycles. The lowest BCUT2D eigenvalue weighted by atomic mass is 9.78. The van der Waals surface area contributed by atoms with Crippen LogP contribution in [0.2, 0.25) is 0 Å². The second-order valence-electron chi connectivity index (χ2n) is 7.67. The van der Waals surface area contributed by atoms with Crippen LogP contribution in [0, 0.1) is 18.3 Å². The highest BCUT2D eigenvalue weighted by molar-refractivity contribution is 5.84. The van der Waals surface area contributed by atoms with E-state index in [0.29, 0.717) is 6.42 Å². The average Bonchev–Trinajstić information content (AvgIpc) is 3.13. The lowest BCUT2D eigenvalue weighted by Gasteiger charge is -2.42. The summed E-state index contributed by atoms with van der Waals surface area (Å²) in [5, 5.41) is 12.2. The molecule has 0 spiro atoms. The van der Waals surface area contributed by atoms with Gasteiger partial charge in [0.2, 0.25) is 0 Å². The number of aromatic nitrogens is 1. The summed E-state index contributed by atoms with van der Waals surface area (Å²) in [5.74, 6) is 3.49. The van der Waals surface area contributed by atoms with Gasteiger partial charge in [-0.05, 0) is 35.7 Å². The lowest BCUT2D eigenvalue weighted by Crippen LogP contribution is -2.51. The zero-order valence-corrected chi connectivity index (χ0v) is 16.2. The number of likely N-dealkylation sites (tertiary alicyclic amines) is 1. The number of hydrogen-bond acceptors (Lipinski definition) is 3. The van der Waals surface area contributed by atoms with Gasteiger partial charge in [-0.15, -0.1) is 6.42 Å². The van der Waals surface area contributed by atoms with Gasteiger partial charge in [-0.2, -0.15) is 0 Å². The summed E-state index contributed by atoms with van der Waals surface area (Å²) in [4.78, 5) is 5.71. The molecule has 4 heteroatoms. The Bertz CT molecular complexity index is 989. The van der Waals surface area contributed by atoms with Crippen molar-refractivity contribution in [1.82, 2.24) is 9.88 Å². The number of aliphatic hydroxyl groups is 1. The average molecular weight is 374 g/mol. The second kappa shape index (κ2) is 7.71. The van der Waals surface area contributed by atoms with Crippen molar-refractivity contribution in [3.05, 3.63) is 65.9 Å². The first kappa shape index (κ1) is 18.6. The molecule has 2 unspecified atom stereocenters. The third kappa shape index (κ3) is 3.64.